The molecule has 0 bridgehead atoms. The molecule has 1 saturated heterocycles. The first-order valence-electron chi connectivity index (χ1n) is 23.3. The van der Waals surface area contributed by atoms with Gasteiger partial charge in [-0.05, 0) is 81.7 Å². The Morgan fingerprint density at radius 3 is 1.87 bits per heavy atom. The first kappa shape index (κ1) is 55.7. The number of carboxylic acid groups (broad SMARTS) is 1. The number of aromatic amines is 1. The van der Waals surface area contributed by atoms with Crippen molar-refractivity contribution in [1.82, 2.24) is 41.8 Å². The predicted molar refractivity (Wildman–Crippen MR) is 256 cm³/mol. The molecule has 2 aromatic rings. The maximum Gasteiger partial charge on any atom is 0.303 e. The van der Waals surface area contributed by atoms with Crippen molar-refractivity contribution in [2.24, 2.45) is 22.2 Å². The molecule has 1 fully saturated rings. The smallest absolute Gasteiger partial charge is 0.303 e. The number of carbonyl (C=O) groups is 11. The van der Waals surface area contributed by atoms with E-state index in [0.717, 1.165) is 4.90 Å². The summed E-state index contributed by atoms with van der Waals surface area (Å²) in [6.45, 7) is 0.180. The van der Waals surface area contributed by atoms with Crippen molar-refractivity contribution in [3.63, 3.8) is 0 Å². The molecule has 70 heavy (non-hydrogen) atoms. The van der Waals surface area contributed by atoms with Crippen molar-refractivity contribution in [2.75, 3.05) is 18.8 Å². The lowest BCUT2D eigenvalue weighted by molar-refractivity contribution is -0.143. The zero-order valence-electron chi connectivity index (χ0n) is 38.7. The van der Waals surface area contributed by atoms with Gasteiger partial charge in [-0.2, -0.15) is 12.6 Å². The number of carboxylic acids is 1. The fourth-order valence-electron chi connectivity index (χ4n) is 8.16. The number of hydrogen-bond donors (Lipinski definition) is 12. The van der Waals surface area contributed by atoms with Gasteiger partial charge in [-0.1, -0.05) is 31.0 Å². The molecule has 10 amide bonds. The average molecular weight is 997 g/mol. The Morgan fingerprint density at radius 2 is 1.26 bits per heavy atom. The Bertz CT molecular complexity index is 2270. The normalized spacial score (nSPS) is 23.6. The quantitative estimate of drug-likeness (QED) is 0.0528. The molecular weight excluding hydrogens is 933 g/mol. The van der Waals surface area contributed by atoms with Gasteiger partial charge in [0.25, 0.3) is 11.8 Å². The summed E-state index contributed by atoms with van der Waals surface area (Å²) in [6, 6.07) is -3.24. The lowest BCUT2D eigenvalue weighted by Crippen LogP contribution is -2.60. The third kappa shape index (κ3) is 17.3. The van der Waals surface area contributed by atoms with E-state index >= 15 is 0 Å². The van der Waals surface area contributed by atoms with Gasteiger partial charge >= 0.3 is 5.97 Å². The maximum atomic E-state index is 14.3. The Labute approximate surface area is 409 Å². The summed E-state index contributed by atoms with van der Waals surface area (Å²) in [6.07, 6.45) is 2.03. The highest BCUT2D eigenvalue weighted by molar-refractivity contribution is 7.80. The highest BCUT2D eigenvalue weighted by Crippen LogP contribution is 2.22. The van der Waals surface area contributed by atoms with Crippen molar-refractivity contribution < 1.29 is 57.8 Å². The number of nitrogens with two attached hydrogens (primary N) is 3. The molecule has 3 heterocycles. The van der Waals surface area contributed by atoms with Crippen LogP contribution in [0.15, 0.2) is 35.5 Å². The molecule has 382 valence electrons. The molecular formula is C45H64N12O12S. The SMILES string of the molecule is NCCCC[C@H]1NC(=O)[C@H](CCC(N)=O)NC(=O)[C@H](CCC(=O)O)NC(=O)[C@@H]2CCCN2C(=O)[C@H](CC(N)=O)NC(=O)[C@H](CCCCCS)NC(=O)C=NC(=O)[C@H](Cc2c[nH]c3ccccc23)NC1=O. The number of thiol groups is 1. The van der Waals surface area contributed by atoms with Crippen LogP contribution >= 0.6 is 12.6 Å². The van der Waals surface area contributed by atoms with Gasteiger partial charge in [0.1, 0.15) is 42.3 Å². The molecule has 24 nitrogen and oxygen atoms in total. The van der Waals surface area contributed by atoms with Crippen LogP contribution in [-0.2, 0) is 59.2 Å². The van der Waals surface area contributed by atoms with Gasteiger partial charge in [-0.15, -0.1) is 0 Å². The summed E-state index contributed by atoms with van der Waals surface area (Å²) < 4.78 is 0. The number of fused-ring (bicyclic) bond motifs is 2. The van der Waals surface area contributed by atoms with E-state index in [2.05, 4.69) is 54.5 Å². The van der Waals surface area contributed by atoms with E-state index in [0.29, 0.717) is 60.5 Å². The summed E-state index contributed by atoms with van der Waals surface area (Å²) in [5.41, 5.74) is 17.9. The molecule has 2 aliphatic heterocycles. The second kappa shape index (κ2) is 27.9. The minimum atomic E-state index is -1.64. The molecule has 1 aromatic carbocycles. The van der Waals surface area contributed by atoms with Crippen LogP contribution in [-0.4, -0.2) is 147 Å². The van der Waals surface area contributed by atoms with Gasteiger partial charge < -0.3 is 64.1 Å². The van der Waals surface area contributed by atoms with Crippen LogP contribution in [0, 0.1) is 0 Å². The van der Waals surface area contributed by atoms with E-state index in [9.17, 15) is 57.8 Å². The highest BCUT2D eigenvalue weighted by Gasteiger charge is 2.41. The second-order valence-electron chi connectivity index (χ2n) is 17.2. The van der Waals surface area contributed by atoms with Gasteiger partial charge in [0.2, 0.25) is 47.3 Å². The molecule has 0 radical (unpaired) electrons. The summed E-state index contributed by atoms with van der Waals surface area (Å²) in [5.74, 6) is -10.3. The van der Waals surface area contributed by atoms with E-state index in [1.54, 1.807) is 30.5 Å². The lowest BCUT2D eigenvalue weighted by Gasteiger charge is -2.30. The van der Waals surface area contributed by atoms with Crippen molar-refractivity contribution >= 4 is 94.8 Å². The number of para-hydroxylation sites is 1. The Morgan fingerprint density at radius 1 is 0.686 bits per heavy atom. The lowest BCUT2D eigenvalue weighted by atomic mass is 10.0. The second-order valence-corrected chi connectivity index (χ2v) is 17.6. The van der Waals surface area contributed by atoms with Gasteiger partial charge in [-0.3, -0.25) is 52.7 Å². The molecule has 0 saturated carbocycles. The molecule has 4 rings (SSSR count). The van der Waals surface area contributed by atoms with Crippen molar-refractivity contribution in [3.05, 3.63) is 36.0 Å². The van der Waals surface area contributed by atoms with Gasteiger partial charge in [-0.25, -0.2) is 4.99 Å². The monoisotopic (exact) mass is 996 g/mol. The maximum absolute atomic E-state index is 14.3. The standard InChI is InChI=1S/C45H64N12O12S/c46-18-6-5-12-29-41(65)55-32(21-25-23-49-27-10-4-3-9-26(25)27)39(63)50-24-37(60)51-28(11-2-1-7-20-70)40(64)56-33(22-36(48)59)45(69)57-19-8-13-34(57)44(68)54-31(15-17-38(61)62)43(67)53-30(42(66)52-29)14-16-35(47)58/h3-4,9-10,23-24,28-34,49,70H,1-2,5-8,11-22,46H2,(H2,47,58)(H2,48,59)(H,51,60)(H,52,66)(H,53,67)(H,54,68)(H,55,65)(H,56,64)(H,61,62)/t28-,29+,30-,31-,32-,33-,34-/m0/s1. The number of primary amides is 2. The predicted octanol–water partition coefficient (Wildman–Crippen LogP) is -2.15. The van der Waals surface area contributed by atoms with E-state index in [-0.39, 0.29) is 45.2 Å². The highest BCUT2D eigenvalue weighted by atomic mass is 32.1. The third-order valence-corrected chi connectivity index (χ3v) is 12.2. The molecule has 0 spiro atoms. The van der Waals surface area contributed by atoms with Crippen LogP contribution in [0.4, 0.5) is 0 Å². The first-order valence-corrected chi connectivity index (χ1v) is 23.9. The number of nitrogens with one attached hydrogen (secondary N) is 7. The fourth-order valence-corrected chi connectivity index (χ4v) is 8.39. The Hall–Kier alpha value is -6.89. The topological polar surface area (TPSA) is 390 Å². The van der Waals surface area contributed by atoms with Gasteiger partial charge in [0, 0.05) is 42.9 Å². The van der Waals surface area contributed by atoms with Crippen molar-refractivity contribution in [3.8, 4) is 0 Å². The molecule has 0 unspecified atom stereocenters. The van der Waals surface area contributed by atoms with Gasteiger partial charge in [0.15, 0.2) is 0 Å². The number of aliphatic carboxylic acids is 1. The summed E-state index contributed by atoms with van der Waals surface area (Å²) in [7, 11) is 0. The van der Waals surface area contributed by atoms with E-state index in [1.165, 1.54) is 0 Å². The number of benzene rings is 1. The van der Waals surface area contributed by atoms with Crippen LogP contribution < -0.4 is 49.1 Å². The largest absolute Gasteiger partial charge is 0.481 e. The molecule has 2 aliphatic rings. The number of amides is 10. The number of unbranched alkanes of at least 4 members (excludes halogenated alkanes) is 3. The molecule has 25 heteroatoms. The zero-order chi connectivity index (χ0) is 51.3. The summed E-state index contributed by atoms with van der Waals surface area (Å²) >= 11 is 4.22. The first-order chi connectivity index (χ1) is 33.4. The number of H-pyrrole nitrogens is 1. The van der Waals surface area contributed by atoms with Crippen LogP contribution in [0.5, 0.6) is 0 Å². The summed E-state index contributed by atoms with van der Waals surface area (Å²) in [5, 5.41) is 25.4. The van der Waals surface area contributed by atoms with E-state index in [4.69, 9.17) is 17.2 Å². The molecule has 7 atom stereocenters. The number of carbonyl (C=O) groups excluding carboxylic acids is 10. The number of aliphatic imine (C=N–C) groups is 1. The van der Waals surface area contributed by atoms with Crippen LogP contribution in [0.3, 0.4) is 0 Å². The van der Waals surface area contributed by atoms with Crippen molar-refractivity contribution in [1.29, 1.82) is 0 Å². The van der Waals surface area contributed by atoms with E-state index < -0.39 is 139 Å². The van der Waals surface area contributed by atoms with Crippen LogP contribution in [0.1, 0.15) is 95.5 Å². The Kier molecular flexibility index (Phi) is 22.2. The fraction of sp³-hybridized carbons (Fsp3) is 0.556. The van der Waals surface area contributed by atoms with Crippen LogP contribution in [0.25, 0.3) is 10.9 Å². The number of nitrogens with zero attached hydrogens (tertiary/aromatic N) is 2. The molecule has 1 aromatic heterocycles. The minimum absolute atomic E-state index is 0.0268. The van der Waals surface area contributed by atoms with Crippen LogP contribution in [0.2, 0.25) is 0 Å². The number of hydrogen-bond acceptors (Lipinski definition) is 13. The third-order valence-electron chi connectivity index (χ3n) is 11.8. The molecule has 14 N–H and O–H groups in total. The van der Waals surface area contributed by atoms with Crippen molar-refractivity contribution in [2.45, 2.75) is 139 Å². The number of rotatable bonds is 19. The summed E-state index contributed by atoms with van der Waals surface area (Å²) in [4.78, 5) is 156. The minimum Gasteiger partial charge on any atom is -0.481 e. The Balaban J connectivity index is 1.82. The van der Waals surface area contributed by atoms with Gasteiger partial charge in [0.05, 0.1) is 12.6 Å². The number of aromatic nitrogens is 1. The zero-order valence-corrected chi connectivity index (χ0v) is 39.6. The molecule has 0 aliphatic carbocycles. The van der Waals surface area contributed by atoms with E-state index in [1.807, 2.05) is 0 Å². The average Bonchev–Trinajstić information content (AvgIpc) is 3.98.